The molecule has 0 aliphatic heterocycles. The number of ether oxygens (including phenoxy) is 1. The molecule has 1 aromatic heterocycles. The number of hydrogen-bond acceptors (Lipinski definition) is 3. The van der Waals surface area contributed by atoms with E-state index in [-0.39, 0.29) is 18.4 Å². The Morgan fingerprint density at radius 1 is 1.16 bits per heavy atom. The van der Waals surface area contributed by atoms with Crippen LogP contribution in [0.3, 0.4) is 0 Å². The van der Waals surface area contributed by atoms with Gasteiger partial charge >= 0.3 is 0 Å². The van der Waals surface area contributed by atoms with Crippen molar-refractivity contribution < 1.29 is 14.3 Å². The van der Waals surface area contributed by atoms with Gasteiger partial charge in [-0.05, 0) is 44.2 Å². The second-order valence-corrected chi connectivity index (χ2v) is 6.54. The molecule has 2 rings (SSSR count). The van der Waals surface area contributed by atoms with E-state index in [9.17, 15) is 9.59 Å². The van der Waals surface area contributed by atoms with E-state index in [0.717, 1.165) is 21.5 Å². The van der Waals surface area contributed by atoms with Crippen LogP contribution in [0.25, 0.3) is 5.69 Å². The number of carbonyl (C=O) groups excluding carboxylic acids is 2. The van der Waals surface area contributed by atoms with Crippen LogP contribution in [0.2, 0.25) is 0 Å². The molecular weight excluding hydrogens is 386 g/mol. The molecule has 0 atom stereocenters. The molecule has 0 aliphatic rings. The van der Waals surface area contributed by atoms with Crippen LogP contribution in [0, 0.1) is 13.8 Å². The van der Waals surface area contributed by atoms with Crippen LogP contribution in [0.1, 0.15) is 21.7 Å². The molecule has 0 saturated heterocycles. The van der Waals surface area contributed by atoms with Gasteiger partial charge in [-0.3, -0.25) is 9.59 Å². The van der Waals surface area contributed by atoms with Gasteiger partial charge in [0, 0.05) is 35.2 Å². The molecule has 2 aromatic rings. The number of aromatic nitrogens is 1. The maximum Gasteiger partial charge on any atom is 0.253 e. The molecule has 0 bridgehead atoms. The second kappa shape index (κ2) is 8.82. The Morgan fingerprint density at radius 3 is 2.48 bits per heavy atom. The minimum Gasteiger partial charge on any atom is -0.383 e. The van der Waals surface area contributed by atoms with Crippen molar-refractivity contribution in [2.24, 2.45) is 0 Å². The Labute approximate surface area is 155 Å². The highest BCUT2D eigenvalue weighted by molar-refractivity contribution is 9.10. The molecule has 25 heavy (non-hydrogen) atoms. The third-order valence-corrected chi connectivity index (χ3v) is 4.33. The van der Waals surface area contributed by atoms with Gasteiger partial charge in [0.15, 0.2) is 0 Å². The van der Waals surface area contributed by atoms with Gasteiger partial charge in [0.05, 0.1) is 18.7 Å². The van der Waals surface area contributed by atoms with Crippen LogP contribution in [0.4, 0.5) is 0 Å². The summed E-state index contributed by atoms with van der Waals surface area (Å²) >= 11 is 3.42. The molecule has 6 nitrogen and oxygen atoms in total. The lowest BCUT2D eigenvalue weighted by Crippen LogP contribution is -2.38. The first-order valence-electron chi connectivity index (χ1n) is 7.92. The van der Waals surface area contributed by atoms with Crippen LogP contribution in [0.5, 0.6) is 0 Å². The van der Waals surface area contributed by atoms with Gasteiger partial charge in [-0.1, -0.05) is 15.9 Å². The standard InChI is InChI=1S/C18H22BrN3O3/c1-12-10-16(18(24)21-11-17(23)20-8-9-25-3)13(2)22(12)15-6-4-14(19)5-7-15/h4-7,10H,8-9,11H2,1-3H3,(H,20,23)(H,21,24). The average Bonchev–Trinajstić information content (AvgIpc) is 2.88. The first kappa shape index (κ1) is 19.2. The molecule has 2 amide bonds. The molecule has 0 aliphatic carbocycles. The quantitative estimate of drug-likeness (QED) is 0.691. The van der Waals surface area contributed by atoms with Crippen molar-refractivity contribution >= 4 is 27.7 Å². The van der Waals surface area contributed by atoms with Crippen LogP contribution in [-0.4, -0.2) is 43.2 Å². The predicted octanol–water partition coefficient (Wildman–Crippen LogP) is 2.35. The normalized spacial score (nSPS) is 10.6. The Hall–Kier alpha value is -2.12. The minimum absolute atomic E-state index is 0.0650. The monoisotopic (exact) mass is 407 g/mol. The first-order chi connectivity index (χ1) is 11.9. The molecule has 2 N–H and O–H groups in total. The number of hydrogen-bond donors (Lipinski definition) is 2. The van der Waals surface area contributed by atoms with E-state index < -0.39 is 0 Å². The lowest BCUT2D eigenvalue weighted by Gasteiger charge is -2.10. The fraction of sp³-hybridized carbons (Fsp3) is 0.333. The molecule has 0 fully saturated rings. The summed E-state index contributed by atoms with van der Waals surface area (Å²) in [5.41, 5.74) is 3.33. The molecule has 134 valence electrons. The van der Waals surface area contributed by atoms with Gasteiger partial charge in [0.25, 0.3) is 5.91 Å². The lowest BCUT2D eigenvalue weighted by molar-refractivity contribution is -0.120. The zero-order chi connectivity index (χ0) is 18.4. The summed E-state index contributed by atoms with van der Waals surface area (Å²) in [5, 5.41) is 5.32. The molecule has 1 aromatic carbocycles. The summed E-state index contributed by atoms with van der Waals surface area (Å²) in [4.78, 5) is 24.1. The summed E-state index contributed by atoms with van der Waals surface area (Å²) in [6.45, 7) is 4.63. The highest BCUT2D eigenvalue weighted by Crippen LogP contribution is 2.22. The summed E-state index contributed by atoms with van der Waals surface area (Å²) in [7, 11) is 1.56. The molecule has 1 heterocycles. The van der Waals surface area contributed by atoms with Crippen molar-refractivity contribution in [2.75, 3.05) is 26.8 Å². The van der Waals surface area contributed by atoms with Gasteiger partial charge in [-0.2, -0.15) is 0 Å². The first-order valence-corrected chi connectivity index (χ1v) is 8.72. The number of nitrogens with zero attached hydrogens (tertiary/aromatic N) is 1. The Kier molecular flexibility index (Phi) is 6.78. The van der Waals surface area contributed by atoms with Gasteiger partial charge in [0.2, 0.25) is 5.91 Å². The number of aryl methyl sites for hydroxylation is 1. The SMILES string of the molecule is COCCNC(=O)CNC(=O)c1cc(C)n(-c2ccc(Br)cc2)c1C. The zero-order valence-electron chi connectivity index (χ0n) is 14.6. The number of benzene rings is 1. The summed E-state index contributed by atoms with van der Waals surface area (Å²) < 4.78 is 7.87. The molecule has 0 radical (unpaired) electrons. The Morgan fingerprint density at radius 2 is 1.84 bits per heavy atom. The Bertz CT molecular complexity index is 754. The summed E-state index contributed by atoms with van der Waals surface area (Å²) in [6, 6.07) is 9.70. The van der Waals surface area contributed by atoms with Crippen molar-refractivity contribution in [3.05, 3.63) is 51.8 Å². The van der Waals surface area contributed by atoms with E-state index in [1.165, 1.54) is 0 Å². The fourth-order valence-electron chi connectivity index (χ4n) is 2.59. The zero-order valence-corrected chi connectivity index (χ0v) is 16.1. The van der Waals surface area contributed by atoms with Crippen LogP contribution >= 0.6 is 15.9 Å². The Balaban J connectivity index is 2.07. The fourth-order valence-corrected chi connectivity index (χ4v) is 2.86. The van der Waals surface area contributed by atoms with Crippen molar-refractivity contribution in [1.82, 2.24) is 15.2 Å². The molecule has 0 spiro atoms. The van der Waals surface area contributed by atoms with Gasteiger partial charge in [-0.25, -0.2) is 0 Å². The van der Waals surface area contributed by atoms with Crippen molar-refractivity contribution in [2.45, 2.75) is 13.8 Å². The van der Waals surface area contributed by atoms with Crippen LogP contribution < -0.4 is 10.6 Å². The third-order valence-electron chi connectivity index (χ3n) is 3.80. The van der Waals surface area contributed by atoms with Crippen LogP contribution in [0.15, 0.2) is 34.8 Å². The van der Waals surface area contributed by atoms with Crippen molar-refractivity contribution in [1.29, 1.82) is 0 Å². The van der Waals surface area contributed by atoms with Crippen LogP contribution in [-0.2, 0) is 9.53 Å². The number of halogens is 1. The topological polar surface area (TPSA) is 72.4 Å². The predicted molar refractivity (Wildman–Crippen MR) is 100 cm³/mol. The minimum atomic E-state index is -0.265. The number of carbonyl (C=O) groups is 2. The maximum atomic E-state index is 12.4. The lowest BCUT2D eigenvalue weighted by atomic mass is 10.2. The van der Waals surface area contributed by atoms with E-state index in [2.05, 4.69) is 26.6 Å². The van der Waals surface area contributed by atoms with E-state index in [1.54, 1.807) is 7.11 Å². The largest absolute Gasteiger partial charge is 0.383 e. The molecule has 0 saturated carbocycles. The molecule has 7 heteroatoms. The van der Waals surface area contributed by atoms with E-state index >= 15 is 0 Å². The van der Waals surface area contributed by atoms with Gasteiger partial charge in [0.1, 0.15) is 0 Å². The molecule has 0 unspecified atom stereocenters. The van der Waals surface area contributed by atoms with Gasteiger partial charge < -0.3 is 19.9 Å². The van der Waals surface area contributed by atoms with Crippen molar-refractivity contribution in [3.63, 3.8) is 0 Å². The van der Waals surface area contributed by atoms with E-state index in [0.29, 0.717) is 18.7 Å². The number of methoxy groups -OCH3 is 1. The maximum absolute atomic E-state index is 12.4. The molecular formula is C18H22BrN3O3. The third kappa shape index (κ3) is 4.93. The smallest absolute Gasteiger partial charge is 0.253 e. The number of amides is 2. The summed E-state index contributed by atoms with van der Waals surface area (Å²) in [5.74, 6) is -0.509. The number of nitrogens with one attached hydrogen (secondary N) is 2. The highest BCUT2D eigenvalue weighted by Gasteiger charge is 2.17. The second-order valence-electron chi connectivity index (χ2n) is 5.62. The van der Waals surface area contributed by atoms with E-state index in [4.69, 9.17) is 4.74 Å². The summed E-state index contributed by atoms with van der Waals surface area (Å²) in [6.07, 6.45) is 0. The highest BCUT2D eigenvalue weighted by atomic mass is 79.9. The average molecular weight is 408 g/mol. The van der Waals surface area contributed by atoms with Crippen molar-refractivity contribution in [3.8, 4) is 5.69 Å². The van der Waals surface area contributed by atoms with E-state index in [1.807, 2.05) is 48.7 Å². The number of rotatable bonds is 7. The van der Waals surface area contributed by atoms with Gasteiger partial charge in [-0.15, -0.1) is 0 Å².